The van der Waals surface area contributed by atoms with E-state index in [0.29, 0.717) is 18.4 Å². The van der Waals surface area contributed by atoms with Crippen molar-refractivity contribution in [3.05, 3.63) is 0 Å². The predicted octanol–water partition coefficient (Wildman–Crippen LogP) is -0.596. The van der Waals surface area contributed by atoms with Crippen molar-refractivity contribution in [1.82, 2.24) is 16.0 Å². The van der Waals surface area contributed by atoms with Gasteiger partial charge in [-0.25, -0.2) is 0 Å². The quantitative estimate of drug-likeness (QED) is 0.342. The molecule has 0 bridgehead atoms. The number of aliphatic hydroxyl groups is 1. The van der Waals surface area contributed by atoms with E-state index in [9.17, 15) is 19.5 Å². The fourth-order valence-corrected chi connectivity index (χ4v) is 3.48. The summed E-state index contributed by atoms with van der Waals surface area (Å²) in [4.78, 5) is 37.0. The molecule has 156 valence electrons. The average Bonchev–Trinajstić information content (AvgIpc) is 2.62. The lowest BCUT2D eigenvalue weighted by molar-refractivity contribution is -0.134. The summed E-state index contributed by atoms with van der Waals surface area (Å²) < 4.78 is 0. The number of nitrogens with one attached hydrogen (secondary N) is 3. The van der Waals surface area contributed by atoms with Crippen LogP contribution in [0.3, 0.4) is 0 Å². The number of Topliss-reactive ketones (excluding diaryl/α,β-unsaturated/α-hetero) is 1. The Morgan fingerprint density at radius 3 is 2.30 bits per heavy atom. The highest BCUT2D eigenvalue weighted by atomic mass is 16.3. The van der Waals surface area contributed by atoms with E-state index in [1.807, 2.05) is 0 Å². The van der Waals surface area contributed by atoms with Crippen LogP contribution in [0, 0.1) is 23.7 Å². The van der Waals surface area contributed by atoms with Gasteiger partial charge in [-0.15, -0.1) is 0 Å². The zero-order valence-corrected chi connectivity index (χ0v) is 17.0. The Kier molecular flexibility index (Phi) is 9.90. The summed E-state index contributed by atoms with van der Waals surface area (Å²) in [6, 6.07) is -1.92. The maximum atomic E-state index is 12.6. The minimum Gasteiger partial charge on any atom is -0.394 e. The van der Waals surface area contributed by atoms with E-state index < -0.39 is 24.6 Å². The highest BCUT2D eigenvalue weighted by Crippen LogP contribution is 2.23. The van der Waals surface area contributed by atoms with E-state index in [1.165, 1.54) is 0 Å². The molecule has 8 heteroatoms. The van der Waals surface area contributed by atoms with Gasteiger partial charge in [0.05, 0.1) is 18.6 Å². The molecule has 1 aliphatic heterocycles. The molecule has 4 atom stereocenters. The largest absolute Gasteiger partial charge is 0.394 e. The lowest BCUT2D eigenvalue weighted by Crippen LogP contribution is -2.57. The molecule has 0 saturated carbocycles. The summed E-state index contributed by atoms with van der Waals surface area (Å²) in [5, 5.41) is 18.0. The molecule has 0 spiro atoms. The SMILES string of the molecule is CC(C)CC1CNCC(C(=O)N[C@@H](CO)C(=O)N[C@@H](CN)C(=O)C(C)C)C1. The van der Waals surface area contributed by atoms with Crippen LogP contribution >= 0.6 is 0 Å². The van der Waals surface area contributed by atoms with Crippen LogP contribution < -0.4 is 21.7 Å². The fraction of sp³-hybridized carbons (Fsp3) is 0.842. The number of carbonyl (C=O) groups is 3. The van der Waals surface area contributed by atoms with Crippen molar-refractivity contribution in [2.75, 3.05) is 26.2 Å². The standard InChI is InChI=1S/C19H36N4O4/c1-11(2)5-13-6-14(9-21-8-13)18(26)23-16(10-24)19(27)22-15(7-20)17(25)12(3)4/h11-16,21,24H,5-10,20H2,1-4H3,(H,22,27)(H,23,26)/t13?,14?,15-,16-/m0/s1. The summed E-state index contributed by atoms with van der Waals surface area (Å²) in [6.45, 7) is 8.64. The molecule has 1 saturated heterocycles. The van der Waals surface area contributed by atoms with Crippen molar-refractivity contribution in [3.63, 3.8) is 0 Å². The molecule has 1 aliphatic rings. The molecule has 6 N–H and O–H groups in total. The topological polar surface area (TPSA) is 134 Å². The predicted molar refractivity (Wildman–Crippen MR) is 104 cm³/mol. The lowest BCUT2D eigenvalue weighted by atomic mass is 9.84. The Bertz CT molecular complexity index is 510. The minimum atomic E-state index is -1.10. The zero-order valence-electron chi connectivity index (χ0n) is 17.0. The Balaban J connectivity index is 2.64. The van der Waals surface area contributed by atoms with Crippen LogP contribution in [0.4, 0.5) is 0 Å². The molecular weight excluding hydrogens is 348 g/mol. The molecule has 1 rings (SSSR count). The molecular formula is C19H36N4O4. The molecule has 1 heterocycles. The fourth-order valence-electron chi connectivity index (χ4n) is 3.48. The first-order valence-electron chi connectivity index (χ1n) is 9.85. The minimum absolute atomic E-state index is 0.0295. The molecule has 0 aromatic carbocycles. The number of piperidine rings is 1. The summed E-state index contributed by atoms with van der Waals surface area (Å²) in [5.74, 6) is -0.578. The van der Waals surface area contributed by atoms with Gasteiger partial charge in [-0.3, -0.25) is 14.4 Å². The van der Waals surface area contributed by atoms with Gasteiger partial charge in [0.15, 0.2) is 5.78 Å². The first-order valence-corrected chi connectivity index (χ1v) is 9.85. The molecule has 0 radical (unpaired) electrons. The second kappa shape index (κ2) is 11.4. The third kappa shape index (κ3) is 7.56. The van der Waals surface area contributed by atoms with Gasteiger partial charge in [-0.05, 0) is 31.2 Å². The number of amides is 2. The van der Waals surface area contributed by atoms with E-state index in [1.54, 1.807) is 13.8 Å². The first kappa shape index (κ1) is 23.5. The monoisotopic (exact) mass is 384 g/mol. The first-order chi connectivity index (χ1) is 12.7. The molecule has 1 fully saturated rings. The summed E-state index contributed by atoms with van der Waals surface area (Å²) in [5.41, 5.74) is 5.58. The smallest absolute Gasteiger partial charge is 0.245 e. The van der Waals surface area contributed by atoms with Gasteiger partial charge in [-0.2, -0.15) is 0 Å². The van der Waals surface area contributed by atoms with E-state index >= 15 is 0 Å². The van der Waals surface area contributed by atoms with Crippen LogP contribution in [0.15, 0.2) is 0 Å². The average molecular weight is 385 g/mol. The number of hydrogen-bond donors (Lipinski definition) is 5. The third-order valence-electron chi connectivity index (χ3n) is 4.90. The van der Waals surface area contributed by atoms with Crippen molar-refractivity contribution < 1.29 is 19.5 Å². The lowest BCUT2D eigenvalue weighted by Gasteiger charge is -2.31. The Morgan fingerprint density at radius 2 is 1.78 bits per heavy atom. The van der Waals surface area contributed by atoms with Crippen molar-refractivity contribution in [1.29, 1.82) is 0 Å². The zero-order chi connectivity index (χ0) is 20.6. The second-order valence-corrected chi connectivity index (χ2v) is 8.18. The Hall–Kier alpha value is -1.51. The van der Waals surface area contributed by atoms with E-state index in [2.05, 4.69) is 29.8 Å². The molecule has 0 aliphatic carbocycles. The summed E-state index contributed by atoms with van der Waals surface area (Å²) in [6.07, 6.45) is 1.80. The molecule has 2 amide bonds. The number of rotatable bonds is 10. The number of aliphatic hydroxyl groups excluding tert-OH is 1. The summed E-state index contributed by atoms with van der Waals surface area (Å²) in [7, 11) is 0. The molecule has 2 unspecified atom stereocenters. The van der Waals surface area contributed by atoms with Gasteiger partial charge in [0.25, 0.3) is 0 Å². The van der Waals surface area contributed by atoms with Crippen LogP contribution in [0.1, 0.15) is 40.5 Å². The van der Waals surface area contributed by atoms with E-state index in [0.717, 1.165) is 19.4 Å². The van der Waals surface area contributed by atoms with Gasteiger partial charge in [-0.1, -0.05) is 27.7 Å². The van der Waals surface area contributed by atoms with Crippen molar-refractivity contribution >= 4 is 17.6 Å². The van der Waals surface area contributed by atoms with Crippen molar-refractivity contribution in [2.45, 2.75) is 52.6 Å². The molecule has 0 aromatic rings. The molecule has 0 aromatic heterocycles. The Labute approximate surface area is 162 Å². The van der Waals surface area contributed by atoms with Crippen LogP contribution in [0.2, 0.25) is 0 Å². The van der Waals surface area contributed by atoms with Crippen molar-refractivity contribution in [2.24, 2.45) is 29.4 Å². The van der Waals surface area contributed by atoms with Gasteiger partial charge < -0.3 is 26.8 Å². The van der Waals surface area contributed by atoms with Gasteiger partial charge in [0.1, 0.15) is 6.04 Å². The van der Waals surface area contributed by atoms with Crippen LogP contribution in [0.25, 0.3) is 0 Å². The highest BCUT2D eigenvalue weighted by molar-refractivity contribution is 5.94. The van der Waals surface area contributed by atoms with Gasteiger partial charge in [0, 0.05) is 19.0 Å². The normalized spacial score (nSPS) is 22.4. The maximum absolute atomic E-state index is 12.6. The van der Waals surface area contributed by atoms with E-state index in [4.69, 9.17) is 5.73 Å². The van der Waals surface area contributed by atoms with Gasteiger partial charge in [0.2, 0.25) is 11.8 Å². The highest BCUT2D eigenvalue weighted by Gasteiger charge is 2.31. The van der Waals surface area contributed by atoms with Crippen molar-refractivity contribution in [3.8, 4) is 0 Å². The number of ketones is 1. The summed E-state index contributed by atoms with van der Waals surface area (Å²) >= 11 is 0. The second-order valence-electron chi connectivity index (χ2n) is 8.18. The number of nitrogens with two attached hydrogens (primary N) is 1. The Morgan fingerprint density at radius 1 is 1.11 bits per heavy atom. The number of hydrogen-bond acceptors (Lipinski definition) is 6. The number of carbonyl (C=O) groups excluding carboxylic acids is 3. The van der Waals surface area contributed by atoms with Crippen LogP contribution in [0.5, 0.6) is 0 Å². The van der Waals surface area contributed by atoms with E-state index in [-0.39, 0.29) is 30.1 Å². The third-order valence-corrected chi connectivity index (χ3v) is 4.90. The van der Waals surface area contributed by atoms with Crippen LogP contribution in [-0.2, 0) is 14.4 Å². The molecule has 8 nitrogen and oxygen atoms in total. The molecule has 27 heavy (non-hydrogen) atoms. The van der Waals surface area contributed by atoms with Crippen LogP contribution in [-0.4, -0.2) is 61.0 Å². The van der Waals surface area contributed by atoms with Gasteiger partial charge >= 0.3 is 0 Å². The maximum Gasteiger partial charge on any atom is 0.245 e.